The van der Waals surface area contributed by atoms with Crippen LogP contribution in [-0.2, 0) is 6.54 Å². The highest BCUT2D eigenvalue weighted by molar-refractivity contribution is 6.31. The van der Waals surface area contributed by atoms with Crippen LogP contribution in [0.25, 0.3) is 11.4 Å². The van der Waals surface area contributed by atoms with Gasteiger partial charge >= 0.3 is 0 Å². The van der Waals surface area contributed by atoms with Gasteiger partial charge in [-0.05, 0) is 24.3 Å². The van der Waals surface area contributed by atoms with Crippen LogP contribution >= 0.6 is 11.6 Å². The molecule has 2 aromatic carbocycles. The highest BCUT2D eigenvalue weighted by Crippen LogP contribution is 2.22. The van der Waals surface area contributed by atoms with Gasteiger partial charge in [0.1, 0.15) is 11.6 Å². The van der Waals surface area contributed by atoms with Crippen molar-refractivity contribution >= 4 is 17.5 Å². The third-order valence-electron chi connectivity index (χ3n) is 3.09. The van der Waals surface area contributed by atoms with Crippen LogP contribution in [0.4, 0.5) is 10.3 Å². The number of H-pyrrole nitrogens is 1. The first kappa shape index (κ1) is 14.3. The number of nitrogens with one attached hydrogen (secondary N) is 2. The number of nitrogens with zero attached hydrogens (tertiary/aromatic N) is 2. The molecule has 0 unspecified atom stereocenters. The quantitative estimate of drug-likeness (QED) is 0.687. The van der Waals surface area contributed by atoms with E-state index in [1.165, 1.54) is 6.07 Å². The van der Waals surface area contributed by atoms with Gasteiger partial charge in [-0.15, -0.1) is 5.10 Å². The number of aromatic nitrogens is 3. The average Bonchev–Trinajstić information content (AvgIpc) is 2.96. The van der Waals surface area contributed by atoms with Crippen LogP contribution in [0.15, 0.2) is 42.5 Å². The minimum absolute atomic E-state index is 0.140. The fraction of sp³-hybridized carbons (Fsp3) is 0.0667. The molecule has 5 nitrogen and oxygen atoms in total. The fourth-order valence-electron chi connectivity index (χ4n) is 1.99. The van der Waals surface area contributed by atoms with Gasteiger partial charge in [-0.1, -0.05) is 29.8 Å². The Kier molecular flexibility index (Phi) is 3.93. The van der Waals surface area contributed by atoms with Gasteiger partial charge in [0.05, 0.1) is 0 Å². The third kappa shape index (κ3) is 3.01. The summed E-state index contributed by atoms with van der Waals surface area (Å²) in [5.74, 6) is 0.570. The molecule has 0 atom stereocenters. The zero-order valence-corrected chi connectivity index (χ0v) is 12.1. The van der Waals surface area contributed by atoms with E-state index in [-0.39, 0.29) is 18.1 Å². The summed E-state index contributed by atoms with van der Waals surface area (Å²) in [6.07, 6.45) is 0. The van der Waals surface area contributed by atoms with Crippen molar-refractivity contribution in [3.8, 4) is 17.1 Å². The molecule has 0 aliphatic heterocycles. The summed E-state index contributed by atoms with van der Waals surface area (Å²) in [7, 11) is 0. The summed E-state index contributed by atoms with van der Waals surface area (Å²) in [5, 5.41) is 19.5. The summed E-state index contributed by atoms with van der Waals surface area (Å²) in [6, 6.07) is 11.2. The van der Waals surface area contributed by atoms with Crippen LogP contribution in [0, 0.1) is 5.82 Å². The van der Waals surface area contributed by atoms with E-state index in [4.69, 9.17) is 11.6 Å². The number of benzene rings is 2. The molecule has 3 rings (SSSR count). The highest BCUT2D eigenvalue weighted by Gasteiger charge is 2.09. The smallest absolute Gasteiger partial charge is 0.242 e. The fourth-order valence-corrected chi connectivity index (χ4v) is 2.22. The van der Waals surface area contributed by atoms with Crippen LogP contribution in [0.3, 0.4) is 0 Å². The molecule has 1 aromatic heterocycles. The first-order valence-corrected chi connectivity index (χ1v) is 6.90. The first-order chi connectivity index (χ1) is 10.6. The predicted octanol–water partition coefficient (Wildman–Crippen LogP) is 3.58. The number of halogens is 2. The lowest BCUT2D eigenvalue weighted by Crippen LogP contribution is -2.03. The van der Waals surface area contributed by atoms with Gasteiger partial charge < -0.3 is 10.4 Å². The van der Waals surface area contributed by atoms with Gasteiger partial charge in [0.15, 0.2) is 5.82 Å². The molecule has 0 aliphatic carbocycles. The summed E-state index contributed by atoms with van der Waals surface area (Å²) in [4.78, 5) is 4.24. The number of phenols is 1. The number of hydrogen-bond acceptors (Lipinski definition) is 4. The molecule has 22 heavy (non-hydrogen) atoms. The largest absolute Gasteiger partial charge is 0.508 e. The number of phenolic OH excluding ortho intramolecular Hbond substituents is 1. The van der Waals surface area contributed by atoms with E-state index < -0.39 is 0 Å². The van der Waals surface area contributed by atoms with E-state index in [1.807, 2.05) is 0 Å². The van der Waals surface area contributed by atoms with Gasteiger partial charge in [0.25, 0.3) is 0 Å². The highest BCUT2D eigenvalue weighted by atomic mass is 35.5. The van der Waals surface area contributed by atoms with E-state index in [0.29, 0.717) is 27.9 Å². The summed E-state index contributed by atoms with van der Waals surface area (Å²) in [6.45, 7) is 0.169. The topological polar surface area (TPSA) is 73.8 Å². The molecule has 1 heterocycles. The first-order valence-electron chi connectivity index (χ1n) is 6.52. The van der Waals surface area contributed by atoms with Crippen LogP contribution < -0.4 is 5.32 Å². The maximum Gasteiger partial charge on any atom is 0.242 e. The molecule has 0 spiro atoms. The third-order valence-corrected chi connectivity index (χ3v) is 3.44. The lowest BCUT2D eigenvalue weighted by Gasteiger charge is -2.05. The number of rotatable bonds is 4. The molecule has 0 bridgehead atoms. The molecule has 0 saturated carbocycles. The molecule has 7 heteroatoms. The molecule has 3 aromatic rings. The second-order valence-electron chi connectivity index (χ2n) is 4.61. The average molecular weight is 319 g/mol. The lowest BCUT2D eigenvalue weighted by atomic mass is 10.2. The number of aromatic amines is 1. The molecule has 0 radical (unpaired) electrons. The van der Waals surface area contributed by atoms with Crippen molar-refractivity contribution in [2.24, 2.45) is 0 Å². The van der Waals surface area contributed by atoms with Crippen molar-refractivity contribution in [2.75, 3.05) is 5.32 Å². The van der Waals surface area contributed by atoms with E-state index in [1.54, 1.807) is 36.4 Å². The Morgan fingerprint density at radius 1 is 1.23 bits per heavy atom. The van der Waals surface area contributed by atoms with Gasteiger partial charge in [-0.25, -0.2) is 4.39 Å². The minimum Gasteiger partial charge on any atom is -0.508 e. The second kappa shape index (κ2) is 6.03. The molecule has 0 aliphatic rings. The van der Waals surface area contributed by atoms with E-state index in [2.05, 4.69) is 20.5 Å². The Bertz CT molecular complexity index is 785. The molecule has 3 N–H and O–H groups in total. The summed E-state index contributed by atoms with van der Waals surface area (Å²) >= 11 is 5.96. The normalized spacial score (nSPS) is 10.6. The molecule has 0 fully saturated rings. The van der Waals surface area contributed by atoms with Crippen LogP contribution in [0.2, 0.25) is 5.02 Å². The number of aromatic hydroxyl groups is 1. The Labute approximate surface area is 130 Å². The van der Waals surface area contributed by atoms with Crippen LogP contribution in [0.5, 0.6) is 5.75 Å². The predicted molar refractivity (Wildman–Crippen MR) is 82.2 cm³/mol. The summed E-state index contributed by atoms with van der Waals surface area (Å²) in [5.41, 5.74) is 1.05. The second-order valence-corrected chi connectivity index (χ2v) is 5.02. The molecule has 112 valence electrons. The number of anilines is 1. The zero-order valence-electron chi connectivity index (χ0n) is 11.3. The lowest BCUT2D eigenvalue weighted by molar-refractivity contribution is 0.475. The maximum absolute atomic E-state index is 13.7. The standard InChI is InChI=1S/C15H12ClFN4O/c16-12-5-2-6-13(17)11(12)8-18-15-19-14(20-21-15)9-3-1-4-10(22)7-9/h1-7,22H,8H2,(H2,18,19,20,21). The van der Waals surface area contributed by atoms with Crippen molar-refractivity contribution in [3.05, 3.63) is 58.9 Å². The van der Waals surface area contributed by atoms with E-state index in [0.717, 1.165) is 0 Å². The number of hydrogen-bond donors (Lipinski definition) is 3. The zero-order chi connectivity index (χ0) is 15.5. The Hall–Kier alpha value is -2.60. The SMILES string of the molecule is Oc1cccc(-c2nc(NCc3c(F)cccc3Cl)n[nH]2)c1. The van der Waals surface area contributed by atoms with Crippen LogP contribution in [0.1, 0.15) is 5.56 Å². The Balaban J connectivity index is 1.75. The Morgan fingerprint density at radius 2 is 2.05 bits per heavy atom. The van der Waals surface area contributed by atoms with E-state index in [9.17, 15) is 9.50 Å². The van der Waals surface area contributed by atoms with Crippen molar-refractivity contribution in [1.82, 2.24) is 15.2 Å². The summed E-state index contributed by atoms with van der Waals surface area (Å²) < 4.78 is 13.7. The monoisotopic (exact) mass is 318 g/mol. The van der Waals surface area contributed by atoms with Crippen molar-refractivity contribution < 1.29 is 9.50 Å². The molecular formula is C15H12ClFN4O. The Morgan fingerprint density at radius 3 is 2.82 bits per heavy atom. The van der Waals surface area contributed by atoms with Crippen molar-refractivity contribution in [1.29, 1.82) is 0 Å². The van der Waals surface area contributed by atoms with Crippen molar-refractivity contribution in [2.45, 2.75) is 6.54 Å². The molecule has 0 amide bonds. The van der Waals surface area contributed by atoms with E-state index >= 15 is 0 Å². The molecule has 0 saturated heterocycles. The van der Waals surface area contributed by atoms with Crippen LogP contribution in [-0.4, -0.2) is 20.3 Å². The molecular weight excluding hydrogens is 307 g/mol. The van der Waals surface area contributed by atoms with Gasteiger partial charge in [-0.2, -0.15) is 4.98 Å². The van der Waals surface area contributed by atoms with Gasteiger partial charge in [0.2, 0.25) is 5.95 Å². The van der Waals surface area contributed by atoms with Gasteiger partial charge in [-0.3, -0.25) is 5.10 Å². The van der Waals surface area contributed by atoms with Crippen molar-refractivity contribution in [3.63, 3.8) is 0 Å². The van der Waals surface area contributed by atoms with Gasteiger partial charge in [0, 0.05) is 22.7 Å². The maximum atomic E-state index is 13.7. The minimum atomic E-state index is -0.385.